The number of para-hydroxylation sites is 1. The van der Waals surface area contributed by atoms with Crippen LogP contribution in [0.2, 0.25) is 0 Å². The molecule has 0 aromatic heterocycles. The Kier molecular flexibility index (Phi) is 8.90. The van der Waals surface area contributed by atoms with Crippen LogP contribution in [0.5, 0.6) is 0 Å². The van der Waals surface area contributed by atoms with Gasteiger partial charge in [0.2, 0.25) is 5.91 Å². The van der Waals surface area contributed by atoms with E-state index in [-0.39, 0.29) is 11.9 Å². The molecule has 1 aliphatic heterocycles. The van der Waals surface area contributed by atoms with Gasteiger partial charge in [-0.15, -0.1) is 0 Å². The molecule has 1 saturated carbocycles. The van der Waals surface area contributed by atoms with Gasteiger partial charge in [0.1, 0.15) is 0 Å². The van der Waals surface area contributed by atoms with Crippen LogP contribution in [0.15, 0.2) is 84.9 Å². The van der Waals surface area contributed by atoms with Crippen LogP contribution >= 0.6 is 0 Å². The summed E-state index contributed by atoms with van der Waals surface area (Å²) in [5, 5.41) is 3.39. The average molecular weight is 548 g/mol. The van der Waals surface area contributed by atoms with Gasteiger partial charge in [0, 0.05) is 49.2 Å². The van der Waals surface area contributed by atoms with Crippen LogP contribution in [-0.2, 0) is 17.5 Å². The van der Waals surface area contributed by atoms with E-state index in [1.807, 2.05) is 59.5 Å². The van der Waals surface area contributed by atoms with Crippen molar-refractivity contribution in [1.82, 2.24) is 9.80 Å². The molecular formula is C33H36F3N3O. The van der Waals surface area contributed by atoms with Gasteiger partial charge in [0.05, 0.1) is 5.56 Å². The highest BCUT2D eigenvalue weighted by molar-refractivity contribution is 5.92. The highest BCUT2D eigenvalue weighted by atomic mass is 19.4. The zero-order valence-electron chi connectivity index (χ0n) is 22.6. The summed E-state index contributed by atoms with van der Waals surface area (Å²) in [5.41, 5.74) is 2.88. The van der Waals surface area contributed by atoms with Gasteiger partial charge >= 0.3 is 6.18 Å². The number of hydrogen-bond donors (Lipinski definition) is 1. The van der Waals surface area contributed by atoms with E-state index < -0.39 is 11.7 Å². The summed E-state index contributed by atoms with van der Waals surface area (Å²) >= 11 is 0. The highest BCUT2D eigenvalue weighted by Crippen LogP contribution is 2.30. The quantitative estimate of drug-likeness (QED) is 0.291. The first-order chi connectivity index (χ1) is 19.3. The van der Waals surface area contributed by atoms with Crippen molar-refractivity contribution < 1.29 is 18.0 Å². The molecule has 1 saturated heterocycles. The molecular weight excluding hydrogens is 511 g/mol. The molecule has 7 heteroatoms. The first-order valence-corrected chi connectivity index (χ1v) is 14.2. The summed E-state index contributed by atoms with van der Waals surface area (Å²) < 4.78 is 38.8. The first kappa shape index (κ1) is 28.0. The minimum atomic E-state index is -4.38. The molecule has 0 bridgehead atoms. The molecule has 1 amide bonds. The van der Waals surface area contributed by atoms with Gasteiger partial charge < -0.3 is 15.1 Å². The predicted octanol–water partition coefficient (Wildman–Crippen LogP) is 7.90. The molecule has 0 spiro atoms. The van der Waals surface area contributed by atoms with E-state index >= 15 is 0 Å². The van der Waals surface area contributed by atoms with Gasteiger partial charge in [-0.2, -0.15) is 13.2 Å². The number of halogens is 3. The topological polar surface area (TPSA) is 35.6 Å². The Balaban J connectivity index is 1.28. The zero-order chi connectivity index (χ0) is 28.0. The molecule has 4 nitrogen and oxygen atoms in total. The monoisotopic (exact) mass is 547 g/mol. The van der Waals surface area contributed by atoms with Crippen LogP contribution in [0.25, 0.3) is 6.08 Å². The van der Waals surface area contributed by atoms with Crippen molar-refractivity contribution in [1.29, 1.82) is 0 Å². The van der Waals surface area contributed by atoms with E-state index in [0.29, 0.717) is 18.2 Å². The Morgan fingerprint density at radius 1 is 0.850 bits per heavy atom. The second-order valence-corrected chi connectivity index (χ2v) is 10.8. The third-order valence-electron chi connectivity index (χ3n) is 8.09. The fourth-order valence-corrected chi connectivity index (χ4v) is 5.84. The van der Waals surface area contributed by atoms with Crippen LogP contribution in [0, 0.1) is 0 Å². The third kappa shape index (κ3) is 7.33. The summed E-state index contributed by atoms with van der Waals surface area (Å²) in [6.07, 6.45) is 5.72. The summed E-state index contributed by atoms with van der Waals surface area (Å²) in [7, 11) is 0. The number of nitrogens with zero attached hydrogens (tertiary/aromatic N) is 2. The van der Waals surface area contributed by atoms with Crippen LogP contribution in [0.4, 0.5) is 24.5 Å². The number of anilines is 2. The highest BCUT2D eigenvalue weighted by Gasteiger charge is 2.31. The number of likely N-dealkylation sites (tertiary alicyclic amines) is 1. The van der Waals surface area contributed by atoms with Crippen molar-refractivity contribution in [3.63, 3.8) is 0 Å². The standard InChI is InChI=1S/C33H36F3N3O/c34-33(35,36)27-15-10-25(11-16-27)14-19-32(40)39(31-20-22-38(23-21-31)30-8-4-5-9-30)24-26-12-17-29(18-13-26)37-28-6-2-1-3-7-28/h1-3,6-7,10-19,30-31,37H,4-5,8-9,20-24H2/b19-14+. The Hall–Kier alpha value is -3.58. The Bertz CT molecular complexity index is 1260. The molecule has 40 heavy (non-hydrogen) atoms. The number of piperidine rings is 1. The Labute approximate surface area is 234 Å². The molecule has 1 heterocycles. The number of carbonyl (C=O) groups is 1. The fraction of sp³-hybridized carbons (Fsp3) is 0.364. The van der Waals surface area contributed by atoms with Crippen molar-refractivity contribution in [2.75, 3.05) is 18.4 Å². The van der Waals surface area contributed by atoms with Crippen LogP contribution in [0.3, 0.4) is 0 Å². The van der Waals surface area contributed by atoms with Crippen molar-refractivity contribution in [3.05, 3.63) is 102 Å². The van der Waals surface area contributed by atoms with E-state index in [2.05, 4.69) is 10.2 Å². The molecule has 3 aromatic rings. The van der Waals surface area contributed by atoms with E-state index in [1.165, 1.54) is 43.9 Å². The summed E-state index contributed by atoms with van der Waals surface area (Å²) in [5.74, 6) is -0.120. The van der Waals surface area contributed by atoms with Crippen LogP contribution in [0.1, 0.15) is 55.2 Å². The molecule has 210 valence electrons. The molecule has 2 fully saturated rings. The second-order valence-electron chi connectivity index (χ2n) is 10.8. The lowest BCUT2D eigenvalue weighted by Crippen LogP contribution is -2.48. The number of alkyl halides is 3. The normalized spacial score (nSPS) is 17.4. The number of amides is 1. The lowest BCUT2D eigenvalue weighted by molar-refractivity contribution is -0.137. The first-order valence-electron chi connectivity index (χ1n) is 14.2. The summed E-state index contributed by atoms with van der Waals surface area (Å²) in [6, 6.07) is 23.8. The molecule has 1 N–H and O–H groups in total. The average Bonchev–Trinajstić information content (AvgIpc) is 3.51. The smallest absolute Gasteiger partial charge is 0.356 e. The fourth-order valence-electron chi connectivity index (χ4n) is 5.84. The number of nitrogens with one attached hydrogen (secondary N) is 1. The maximum Gasteiger partial charge on any atom is 0.416 e. The van der Waals surface area contributed by atoms with Gasteiger partial charge in [0.25, 0.3) is 0 Å². The lowest BCUT2D eigenvalue weighted by Gasteiger charge is -2.40. The molecule has 2 aliphatic rings. The maximum atomic E-state index is 13.5. The number of carbonyl (C=O) groups excluding carboxylic acids is 1. The van der Waals surface area contributed by atoms with Gasteiger partial charge in [-0.05, 0) is 79.3 Å². The molecule has 1 aliphatic carbocycles. The van der Waals surface area contributed by atoms with Gasteiger partial charge in [-0.1, -0.05) is 55.3 Å². The maximum absolute atomic E-state index is 13.5. The van der Waals surface area contributed by atoms with Gasteiger partial charge in [-0.25, -0.2) is 0 Å². The summed E-state index contributed by atoms with van der Waals surface area (Å²) in [4.78, 5) is 18.1. The van der Waals surface area contributed by atoms with Gasteiger partial charge in [0.15, 0.2) is 0 Å². The van der Waals surface area contributed by atoms with Crippen molar-refractivity contribution in [2.45, 2.75) is 63.3 Å². The third-order valence-corrected chi connectivity index (χ3v) is 8.09. The van der Waals surface area contributed by atoms with Gasteiger partial charge in [-0.3, -0.25) is 4.79 Å². The summed E-state index contributed by atoms with van der Waals surface area (Å²) in [6.45, 7) is 2.46. The predicted molar refractivity (Wildman–Crippen MR) is 154 cm³/mol. The largest absolute Gasteiger partial charge is 0.416 e. The number of hydrogen-bond acceptors (Lipinski definition) is 3. The minimum Gasteiger partial charge on any atom is -0.356 e. The molecule has 0 unspecified atom stereocenters. The molecule has 3 aromatic carbocycles. The van der Waals surface area contributed by atoms with E-state index in [9.17, 15) is 18.0 Å². The molecule has 0 radical (unpaired) electrons. The van der Waals surface area contributed by atoms with E-state index in [1.54, 1.807) is 6.08 Å². The van der Waals surface area contributed by atoms with Crippen molar-refractivity contribution in [3.8, 4) is 0 Å². The number of rotatable bonds is 8. The van der Waals surface area contributed by atoms with Crippen LogP contribution in [-0.4, -0.2) is 40.9 Å². The SMILES string of the molecule is O=C(/C=C/c1ccc(C(F)(F)F)cc1)N(Cc1ccc(Nc2ccccc2)cc1)C1CCN(C2CCCC2)CC1. The lowest BCUT2D eigenvalue weighted by atomic mass is 9.99. The van der Waals surface area contributed by atoms with Crippen molar-refractivity contribution >= 4 is 23.4 Å². The zero-order valence-corrected chi connectivity index (χ0v) is 22.6. The number of benzene rings is 3. The minimum absolute atomic E-state index is 0.115. The van der Waals surface area contributed by atoms with Crippen LogP contribution < -0.4 is 5.32 Å². The molecule has 0 atom stereocenters. The Morgan fingerprint density at radius 2 is 1.48 bits per heavy atom. The van der Waals surface area contributed by atoms with E-state index in [0.717, 1.165) is 55.0 Å². The molecule has 5 rings (SSSR count). The second kappa shape index (κ2) is 12.7. The van der Waals surface area contributed by atoms with Crippen molar-refractivity contribution in [2.24, 2.45) is 0 Å². The Morgan fingerprint density at radius 3 is 2.10 bits per heavy atom. The van der Waals surface area contributed by atoms with E-state index in [4.69, 9.17) is 0 Å².